The highest BCUT2D eigenvalue weighted by Crippen LogP contribution is 2.55. The van der Waals surface area contributed by atoms with E-state index in [1.165, 1.54) is 0 Å². The number of carbonyl (C=O) groups is 2. The molecule has 1 atom stereocenters. The first-order valence-corrected chi connectivity index (χ1v) is 9.06. The summed E-state index contributed by atoms with van der Waals surface area (Å²) in [6.07, 6.45) is 0.779. The van der Waals surface area contributed by atoms with Gasteiger partial charge in [0, 0.05) is 28.9 Å². The number of nitrogens with one attached hydrogen (secondary N) is 4. The molecule has 2 aliphatic heterocycles. The SMILES string of the molecule is CC1(C)CC(=O)C2=C(C1)Nc1[nH]c(=O)[nH]c(=O)c1C21C(=O)Nc2ccccc21. The number of fused-ring (bicyclic) bond motifs is 5. The third-order valence-electron chi connectivity index (χ3n) is 5.76. The van der Waals surface area contributed by atoms with Gasteiger partial charge < -0.3 is 10.6 Å². The van der Waals surface area contributed by atoms with Crippen LogP contribution in [0.2, 0.25) is 0 Å². The number of hydrogen-bond donors (Lipinski definition) is 4. The van der Waals surface area contributed by atoms with Crippen molar-refractivity contribution in [1.82, 2.24) is 9.97 Å². The lowest BCUT2D eigenvalue weighted by Gasteiger charge is -2.42. The van der Waals surface area contributed by atoms with Crippen LogP contribution < -0.4 is 21.9 Å². The van der Waals surface area contributed by atoms with E-state index in [2.05, 4.69) is 20.6 Å². The average Bonchev–Trinajstić information content (AvgIpc) is 2.85. The third-order valence-corrected chi connectivity index (χ3v) is 5.76. The molecule has 28 heavy (non-hydrogen) atoms. The van der Waals surface area contributed by atoms with Gasteiger partial charge in [0.15, 0.2) is 5.78 Å². The van der Waals surface area contributed by atoms with Crippen LogP contribution in [0.4, 0.5) is 11.5 Å². The van der Waals surface area contributed by atoms with Crippen molar-refractivity contribution in [3.05, 3.63) is 67.5 Å². The van der Waals surface area contributed by atoms with Gasteiger partial charge in [0.05, 0.1) is 5.56 Å². The molecule has 8 nitrogen and oxygen atoms in total. The predicted octanol–water partition coefficient (Wildman–Crippen LogP) is 1.37. The lowest BCUT2D eigenvalue weighted by Crippen LogP contribution is -2.51. The van der Waals surface area contributed by atoms with Crippen LogP contribution in [0.25, 0.3) is 0 Å². The molecule has 8 heteroatoms. The van der Waals surface area contributed by atoms with E-state index in [-0.39, 0.29) is 29.0 Å². The molecule has 0 saturated carbocycles. The number of ketones is 1. The van der Waals surface area contributed by atoms with Crippen molar-refractivity contribution in [3.8, 4) is 0 Å². The molecule has 3 heterocycles. The second-order valence-corrected chi connectivity index (χ2v) is 8.33. The van der Waals surface area contributed by atoms with E-state index in [1.807, 2.05) is 13.8 Å². The summed E-state index contributed by atoms with van der Waals surface area (Å²) in [5, 5.41) is 5.89. The highest BCUT2D eigenvalue weighted by atomic mass is 16.2. The summed E-state index contributed by atoms with van der Waals surface area (Å²) >= 11 is 0. The summed E-state index contributed by atoms with van der Waals surface area (Å²) in [6.45, 7) is 3.95. The number of amides is 1. The summed E-state index contributed by atoms with van der Waals surface area (Å²) < 4.78 is 0. The number of aromatic amines is 2. The van der Waals surface area contributed by atoms with Crippen molar-refractivity contribution < 1.29 is 9.59 Å². The van der Waals surface area contributed by atoms with Gasteiger partial charge >= 0.3 is 5.69 Å². The number of H-pyrrole nitrogens is 2. The zero-order valence-electron chi connectivity index (χ0n) is 15.4. The number of Topliss-reactive ketones (excluding diaryl/α,β-unsaturated/α-hetero) is 1. The number of rotatable bonds is 0. The minimum Gasteiger partial charge on any atom is -0.344 e. The number of aromatic nitrogens is 2. The maximum atomic E-state index is 13.4. The van der Waals surface area contributed by atoms with E-state index in [0.29, 0.717) is 28.9 Å². The Hall–Kier alpha value is -3.42. The summed E-state index contributed by atoms with van der Waals surface area (Å²) in [5.41, 5.74) is -1.26. The van der Waals surface area contributed by atoms with Crippen LogP contribution in [0, 0.1) is 5.41 Å². The minimum absolute atomic E-state index is 0.0429. The maximum absolute atomic E-state index is 13.4. The monoisotopic (exact) mass is 378 g/mol. The average molecular weight is 378 g/mol. The topological polar surface area (TPSA) is 124 Å². The molecule has 0 fully saturated rings. The van der Waals surface area contributed by atoms with Crippen LogP contribution in [0.3, 0.4) is 0 Å². The molecule has 1 aromatic carbocycles. The van der Waals surface area contributed by atoms with Gasteiger partial charge in [0.1, 0.15) is 11.2 Å². The van der Waals surface area contributed by atoms with E-state index in [9.17, 15) is 19.2 Å². The van der Waals surface area contributed by atoms with E-state index < -0.39 is 22.6 Å². The molecule has 1 amide bonds. The van der Waals surface area contributed by atoms with Gasteiger partial charge in [0.25, 0.3) is 5.56 Å². The molecule has 1 aromatic heterocycles. The first kappa shape index (κ1) is 16.7. The number of anilines is 2. The van der Waals surface area contributed by atoms with Crippen molar-refractivity contribution in [1.29, 1.82) is 0 Å². The van der Waals surface area contributed by atoms with Crippen LogP contribution in [0.15, 0.2) is 45.1 Å². The molecule has 0 saturated heterocycles. The lowest BCUT2D eigenvalue weighted by molar-refractivity contribution is -0.123. The van der Waals surface area contributed by atoms with Crippen LogP contribution >= 0.6 is 0 Å². The Morgan fingerprint density at radius 3 is 2.46 bits per heavy atom. The number of para-hydroxylation sites is 1. The first-order valence-electron chi connectivity index (χ1n) is 9.06. The van der Waals surface area contributed by atoms with Gasteiger partial charge in [-0.3, -0.25) is 24.4 Å². The Kier molecular flexibility index (Phi) is 3.04. The molecule has 1 spiro atoms. The van der Waals surface area contributed by atoms with E-state index in [1.54, 1.807) is 24.3 Å². The molecule has 5 rings (SSSR count). The second kappa shape index (κ2) is 5.09. The normalized spacial score (nSPS) is 24.4. The van der Waals surface area contributed by atoms with Gasteiger partial charge in [-0.15, -0.1) is 0 Å². The largest absolute Gasteiger partial charge is 0.344 e. The fourth-order valence-corrected chi connectivity index (χ4v) is 4.83. The molecule has 1 unspecified atom stereocenters. The van der Waals surface area contributed by atoms with Crippen molar-refractivity contribution in [2.45, 2.75) is 32.1 Å². The van der Waals surface area contributed by atoms with Gasteiger partial charge in [-0.25, -0.2) is 4.79 Å². The van der Waals surface area contributed by atoms with E-state index in [0.717, 1.165) is 0 Å². The summed E-state index contributed by atoms with van der Waals surface area (Å²) in [5.74, 6) is -0.485. The Labute approximate surface area is 159 Å². The van der Waals surface area contributed by atoms with Crippen LogP contribution in [-0.4, -0.2) is 21.7 Å². The second-order valence-electron chi connectivity index (χ2n) is 8.33. The fourth-order valence-electron chi connectivity index (χ4n) is 4.83. The van der Waals surface area contributed by atoms with Crippen molar-refractivity contribution in [2.75, 3.05) is 10.6 Å². The molecule has 4 N–H and O–H groups in total. The van der Waals surface area contributed by atoms with E-state index >= 15 is 0 Å². The Morgan fingerprint density at radius 2 is 1.68 bits per heavy atom. The van der Waals surface area contributed by atoms with Crippen LogP contribution in [0.1, 0.15) is 37.8 Å². The molecular formula is C20H18N4O4. The predicted molar refractivity (Wildman–Crippen MR) is 102 cm³/mol. The van der Waals surface area contributed by atoms with Gasteiger partial charge in [-0.2, -0.15) is 0 Å². The fraction of sp³-hybridized carbons (Fsp3) is 0.300. The molecule has 2 aromatic rings. The Morgan fingerprint density at radius 1 is 0.929 bits per heavy atom. The number of hydrogen-bond acceptors (Lipinski definition) is 5. The van der Waals surface area contributed by atoms with Crippen molar-refractivity contribution >= 4 is 23.2 Å². The van der Waals surface area contributed by atoms with Gasteiger partial charge in [-0.05, 0) is 17.9 Å². The third kappa shape index (κ3) is 1.94. The van der Waals surface area contributed by atoms with Crippen molar-refractivity contribution in [3.63, 3.8) is 0 Å². The number of benzene rings is 1. The summed E-state index contributed by atoms with van der Waals surface area (Å²) in [6, 6.07) is 7.02. The van der Waals surface area contributed by atoms with Crippen LogP contribution in [0.5, 0.6) is 0 Å². The quantitative estimate of drug-likeness (QED) is 0.551. The highest BCUT2D eigenvalue weighted by molar-refractivity contribution is 6.19. The standard InChI is InChI=1S/C20H18N4O4/c1-19(2)7-11-13(12(25)8-19)20(9-5-3-4-6-10(9)22-17(20)27)14-15(21-11)23-18(28)24-16(14)26/h3-6H,7-8H2,1-2H3,(H,22,27)(H3,21,23,24,26,28). The zero-order chi connectivity index (χ0) is 19.8. The summed E-state index contributed by atoms with van der Waals surface area (Å²) in [7, 11) is 0. The highest BCUT2D eigenvalue weighted by Gasteiger charge is 2.60. The van der Waals surface area contributed by atoms with Crippen molar-refractivity contribution in [2.24, 2.45) is 5.41 Å². The number of carbonyl (C=O) groups excluding carboxylic acids is 2. The maximum Gasteiger partial charge on any atom is 0.327 e. The molecule has 1 aliphatic carbocycles. The lowest BCUT2D eigenvalue weighted by atomic mass is 9.61. The van der Waals surface area contributed by atoms with Gasteiger partial charge in [-0.1, -0.05) is 32.0 Å². The Balaban J connectivity index is 1.96. The molecule has 0 bridgehead atoms. The van der Waals surface area contributed by atoms with Crippen LogP contribution in [-0.2, 0) is 15.0 Å². The minimum atomic E-state index is -1.59. The van der Waals surface area contributed by atoms with E-state index in [4.69, 9.17) is 0 Å². The Bertz CT molecular complexity index is 1230. The zero-order valence-corrected chi connectivity index (χ0v) is 15.4. The molecule has 142 valence electrons. The smallest absolute Gasteiger partial charge is 0.327 e. The molecular weight excluding hydrogens is 360 g/mol. The van der Waals surface area contributed by atoms with Gasteiger partial charge in [0.2, 0.25) is 5.91 Å². The number of allylic oxidation sites excluding steroid dienone is 1. The first-order chi connectivity index (χ1) is 13.2. The molecule has 3 aliphatic rings. The molecule has 0 radical (unpaired) electrons. The summed E-state index contributed by atoms with van der Waals surface area (Å²) in [4.78, 5) is 56.3.